The lowest BCUT2D eigenvalue weighted by Gasteiger charge is -2.23. The summed E-state index contributed by atoms with van der Waals surface area (Å²) in [5.74, 6) is 0.917. The normalized spacial score (nSPS) is 18.3. The van der Waals surface area contributed by atoms with E-state index in [9.17, 15) is 0 Å². The van der Waals surface area contributed by atoms with Crippen LogP contribution >= 0.6 is 0 Å². The molecule has 21 heavy (non-hydrogen) atoms. The van der Waals surface area contributed by atoms with Gasteiger partial charge in [0.1, 0.15) is 5.75 Å². The molecule has 2 N–H and O–H groups in total. The van der Waals surface area contributed by atoms with Crippen LogP contribution in [0.1, 0.15) is 31.7 Å². The van der Waals surface area contributed by atoms with E-state index in [1.54, 1.807) is 0 Å². The Morgan fingerprint density at radius 3 is 3.05 bits per heavy atom. The van der Waals surface area contributed by atoms with Gasteiger partial charge in [-0.3, -0.25) is 0 Å². The summed E-state index contributed by atoms with van der Waals surface area (Å²) in [4.78, 5) is 2.45. The number of likely N-dealkylation sites (N-methyl/N-ethyl adjacent to an activating group) is 1. The summed E-state index contributed by atoms with van der Waals surface area (Å²) >= 11 is 0. The predicted octanol–water partition coefficient (Wildman–Crippen LogP) is 2.42. The fraction of sp³-hybridized carbons (Fsp3) is 0.647. The van der Waals surface area contributed by atoms with E-state index in [0.29, 0.717) is 12.6 Å². The molecule has 1 saturated heterocycles. The highest BCUT2D eigenvalue weighted by Gasteiger charge is 2.18. The van der Waals surface area contributed by atoms with E-state index in [1.807, 2.05) is 24.3 Å². The molecular weight excluding hydrogens is 264 g/mol. The number of hydrogen-bond donors (Lipinski definition) is 1. The highest BCUT2D eigenvalue weighted by atomic mass is 16.5. The van der Waals surface area contributed by atoms with Gasteiger partial charge in [0, 0.05) is 26.2 Å². The van der Waals surface area contributed by atoms with Crippen molar-refractivity contribution in [2.24, 2.45) is 5.73 Å². The first-order chi connectivity index (χ1) is 10.3. The Balaban J connectivity index is 1.65. The molecule has 0 aliphatic carbocycles. The van der Waals surface area contributed by atoms with Crippen LogP contribution in [0.2, 0.25) is 0 Å². The summed E-state index contributed by atoms with van der Waals surface area (Å²) in [6.07, 6.45) is 3.89. The molecule has 118 valence electrons. The van der Waals surface area contributed by atoms with Gasteiger partial charge in [-0.15, -0.1) is 0 Å². The maximum absolute atomic E-state index is 5.80. The summed E-state index contributed by atoms with van der Waals surface area (Å²) in [6.45, 7) is 7.64. The van der Waals surface area contributed by atoms with E-state index >= 15 is 0 Å². The second-order valence-electron chi connectivity index (χ2n) is 5.58. The topological polar surface area (TPSA) is 47.7 Å². The van der Waals surface area contributed by atoms with Crippen molar-refractivity contribution in [3.63, 3.8) is 0 Å². The fourth-order valence-corrected chi connectivity index (χ4v) is 2.70. The largest absolute Gasteiger partial charge is 0.494 e. The van der Waals surface area contributed by atoms with Crippen molar-refractivity contribution in [3.8, 4) is 5.75 Å². The molecule has 1 unspecified atom stereocenters. The maximum Gasteiger partial charge on any atom is 0.119 e. The van der Waals surface area contributed by atoms with Crippen molar-refractivity contribution in [1.82, 2.24) is 4.90 Å². The molecule has 1 aromatic carbocycles. The van der Waals surface area contributed by atoms with Crippen molar-refractivity contribution < 1.29 is 9.47 Å². The number of benzene rings is 1. The molecular formula is C17H28N2O2. The summed E-state index contributed by atoms with van der Waals surface area (Å²) in [5, 5.41) is 0. The Morgan fingerprint density at radius 2 is 2.33 bits per heavy atom. The lowest BCUT2D eigenvalue weighted by atomic mass is 10.2. The Hall–Kier alpha value is -1.10. The molecule has 1 aliphatic heterocycles. The van der Waals surface area contributed by atoms with Crippen LogP contribution in [0.5, 0.6) is 5.75 Å². The van der Waals surface area contributed by atoms with Crippen LogP contribution in [-0.2, 0) is 11.3 Å². The zero-order chi connectivity index (χ0) is 14.9. The molecule has 4 nitrogen and oxygen atoms in total. The third-order valence-electron chi connectivity index (χ3n) is 3.95. The lowest BCUT2D eigenvalue weighted by molar-refractivity contribution is 0.0730. The van der Waals surface area contributed by atoms with Crippen LogP contribution in [-0.4, -0.2) is 43.9 Å². The van der Waals surface area contributed by atoms with Gasteiger partial charge in [0.25, 0.3) is 0 Å². The molecule has 0 aromatic heterocycles. The minimum Gasteiger partial charge on any atom is -0.494 e. The number of nitrogens with zero attached hydrogens (tertiary/aromatic N) is 1. The Bertz CT molecular complexity index is 406. The Kier molecular flexibility index (Phi) is 7.00. The van der Waals surface area contributed by atoms with Crippen LogP contribution in [0.3, 0.4) is 0 Å². The lowest BCUT2D eigenvalue weighted by Crippen LogP contribution is -2.33. The van der Waals surface area contributed by atoms with Gasteiger partial charge in [-0.1, -0.05) is 19.1 Å². The standard InChI is InChI=1S/C17H28N2O2/c1-2-19(14-17-8-4-10-21-17)9-5-11-20-16-7-3-6-15(12-16)13-18/h3,6-7,12,17H,2,4-5,8-11,13-14,18H2,1H3. The monoisotopic (exact) mass is 292 g/mol. The first-order valence-electron chi connectivity index (χ1n) is 8.07. The maximum atomic E-state index is 5.80. The third kappa shape index (κ3) is 5.65. The van der Waals surface area contributed by atoms with Crippen LogP contribution < -0.4 is 10.5 Å². The van der Waals surface area contributed by atoms with Crippen LogP contribution in [0.25, 0.3) is 0 Å². The minimum absolute atomic E-state index is 0.437. The number of rotatable bonds is 9. The van der Waals surface area contributed by atoms with Gasteiger partial charge >= 0.3 is 0 Å². The molecule has 1 heterocycles. The molecule has 0 saturated carbocycles. The van der Waals surface area contributed by atoms with Gasteiger partial charge in [-0.2, -0.15) is 0 Å². The SMILES string of the molecule is CCN(CCCOc1cccc(CN)c1)CC1CCCO1. The van der Waals surface area contributed by atoms with Gasteiger partial charge in [0.2, 0.25) is 0 Å². The molecule has 1 aliphatic rings. The second-order valence-corrected chi connectivity index (χ2v) is 5.58. The molecule has 1 atom stereocenters. The van der Waals surface area contributed by atoms with E-state index in [1.165, 1.54) is 12.8 Å². The zero-order valence-corrected chi connectivity index (χ0v) is 13.1. The van der Waals surface area contributed by atoms with Gasteiger partial charge < -0.3 is 20.1 Å². The Labute approximate surface area is 128 Å². The van der Waals surface area contributed by atoms with Crippen molar-refractivity contribution in [2.75, 3.05) is 32.8 Å². The first kappa shape index (κ1) is 16.3. The summed E-state index contributed by atoms with van der Waals surface area (Å²) in [7, 11) is 0. The molecule has 0 bridgehead atoms. The molecule has 0 radical (unpaired) electrons. The van der Waals surface area contributed by atoms with Gasteiger partial charge in [-0.05, 0) is 43.5 Å². The van der Waals surface area contributed by atoms with E-state index in [4.69, 9.17) is 15.2 Å². The van der Waals surface area contributed by atoms with Crippen LogP contribution in [0.4, 0.5) is 0 Å². The number of hydrogen-bond acceptors (Lipinski definition) is 4. The van der Waals surface area contributed by atoms with Gasteiger partial charge in [-0.25, -0.2) is 0 Å². The van der Waals surface area contributed by atoms with Crippen LogP contribution in [0.15, 0.2) is 24.3 Å². The Morgan fingerprint density at radius 1 is 1.43 bits per heavy atom. The van der Waals surface area contributed by atoms with Crippen molar-refractivity contribution in [1.29, 1.82) is 0 Å². The van der Waals surface area contributed by atoms with Crippen LogP contribution in [0, 0.1) is 0 Å². The first-order valence-corrected chi connectivity index (χ1v) is 8.07. The van der Waals surface area contributed by atoms with Gasteiger partial charge in [0.05, 0.1) is 12.7 Å². The van der Waals surface area contributed by atoms with E-state index in [2.05, 4.69) is 11.8 Å². The molecule has 1 aromatic rings. The highest BCUT2D eigenvalue weighted by Crippen LogP contribution is 2.14. The fourth-order valence-electron chi connectivity index (χ4n) is 2.70. The molecule has 2 rings (SSSR count). The molecule has 0 spiro atoms. The summed E-state index contributed by atoms with van der Waals surface area (Å²) in [6, 6.07) is 8.02. The van der Waals surface area contributed by atoms with E-state index in [0.717, 1.165) is 50.6 Å². The second kappa shape index (κ2) is 9.03. The molecule has 0 amide bonds. The van der Waals surface area contributed by atoms with Crippen molar-refractivity contribution >= 4 is 0 Å². The third-order valence-corrected chi connectivity index (χ3v) is 3.95. The molecule has 1 fully saturated rings. The van der Waals surface area contributed by atoms with Gasteiger partial charge in [0.15, 0.2) is 0 Å². The smallest absolute Gasteiger partial charge is 0.119 e. The summed E-state index contributed by atoms with van der Waals surface area (Å²) < 4.78 is 11.5. The zero-order valence-electron chi connectivity index (χ0n) is 13.1. The van der Waals surface area contributed by atoms with E-state index in [-0.39, 0.29) is 0 Å². The minimum atomic E-state index is 0.437. The average Bonchev–Trinajstić information content (AvgIpc) is 3.03. The quantitative estimate of drug-likeness (QED) is 0.710. The van der Waals surface area contributed by atoms with Crippen molar-refractivity contribution in [2.45, 2.75) is 38.8 Å². The van der Waals surface area contributed by atoms with E-state index < -0.39 is 0 Å². The molecule has 4 heteroatoms. The number of ether oxygens (including phenoxy) is 2. The average molecular weight is 292 g/mol. The van der Waals surface area contributed by atoms with Crippen molar-refractivity contribution in [3.05, 3.63) is 29.8 Å². The highest BCUT2D eigenvalue weighted by molar-refractivity contribution is 5.28. The summed E-state index contributed by atoms with van der Waals surface area (Å²) in [5.41, 5.74) is 6.75. The number of nitrogens with two attached hydrogens (primary N) is 1. The predicted molar refractivity (Wildman–Crippen MR) is 85.5 cm³/mol.